The van der Waals surface area contributed by atoms with Crippen LogP contribution in [0, 0.1) is 5.92 Å². The van der Waals surface area contributed by atoms with Crippen LogP contribution in [0.5, 0.6) is 5.75 Å². The molecule has 0 aliphatic heterocycles. The minimum absolute atomic E-state index is 0. The van der Waals surface area contributed by atoms with Crippen LogP contribution in [0.15, 0.2) is 24.3 Å². The van der Waals surface area contributed by atoms with E-state index < -0.39 is 0 Å². The second kappa shape index (κ2) is 9.66. The van der Waals surface area contributed by atoms with Gasteiger partial charge in [0.1, 0.15) is 12.4 Å². The van der Waals surface area contributed by atoms with Crippen molar-refractivity contribution in [3.63, 3.8) is 0 Å². The highest BCUT2D eigenvalue weighted by atomic mass is 35.5. The molecule has 0 aromatic heterocycles. The summed E-state index contributed by atoms with van der Waals surface area (Å²) in [6.45, 7) is 1.68. The number of benzene rings is 1. The minimum atomic E-state index is -0.0382. The summed E-state index contributed by atoms with van der Waals surface area (Å²) in [5.41, 5.74) is 6.39. The zero-order valence-corrected chi connectivity index (χ0v) is 13.7. The normalized spacial score (nSPS) is 20.3. The van der Waals surface area contributed by atoms with E-state index in [-0.39, 0.29) is 24.4 Å². The molecule has 0 saturated heterocycles. The summed E-state index contributed by atoms with van der Waals surface area (Å²) in [4.78, 5) is 12.2. The first-order chi connectivity index (χ1) is 10.2. The van der Waals surface area contributed by atoms with Crippen LogP contribution < -0.4 is 15.8 Å². The Kier molecular flexibility index (Phi) is 8.24. The van der Waals surface area contributed by atoms with Crippen molar-refractivity contribution in [3.8, 4) is 5.75 Å². The van der Waals surface area contributed by atoms with Crippen LogP contribution in [0.2, 0.25) is 0 Å². The first kappa shape index (κ1) is 18.7. The third kappa shape index (κ3) is 5.16. The van der Waals surface area contributed by atoms with E-state index in [1.54, 1.807) is 31.4 Å². The Labute approximate surface area is 138 Å². The zero-order valence-electron chi connectivity index (χ0n) is 12.9. The molecular formula is C16H25ClN2O3. The van der Waals surface area contributed by atoms with Gasteiger partial charge in [0.15, 0.2) is 0 Å². The Hall–Kier alpha value is -1.30. The Morgan fingerprint density at radius 2 is 2.00 bits per heavy atom. The van der Waals surface area contributed by atoms with Crippen molar-refractivity contribution in [2.45, 2.75) is 25.3 Å². The van der Waals surface area contributed by atoms with E-state index in [1.165, 1.54) is 0 Å². The topological polar surface area (TPSA) is 73.6 Å². The molecule has 2 atom stereocenters. The molecule has 1 aromatic carbocycles. The molecule has 5 nitrogen and oxygen atoms in total. The highest BCUT2D eigenvalue weighted by Crippen LogP contribution is 2.25. The molecule has 3 N–H and O–H groups in total. The molecule has 124 valence electrons. The van der Waals surface area contributed by atoms with Crippen LogP contribution in [0.4, 0.5) is 0 Å². The van der Waals surface area contributed by atoms with Crippen molar-refractivity contribution in [1.82, 2.24) is 5.32 Å². The molecule has 1 aliphatic carbocycles. The monoisotopic (exact) mass is 328 g/mol. The maximum absolute atomic E-state index is 12.2. The van der Waals surface area contributed by atoms with Gasteiger partial charge in [0, 0.05) is 18.7 Å². The third-order valence-corrected chi connectivity index (χ3v) is 3.95. The van der Waals surface area contributed by atoms with Gasteiger partial charge in [-0.2, -0.15) is 0 Å². The number of methoxy groups -OCH3 is 1. The molecule has 0 radical (unpaired) electrons. The highest BCUT2D eigenvalue weighted by Gasteiger charge is 2.27. The average molecular weight is 329 g/mol. The van der Waals surface area contributed by atoms with Crippen LogP contribution in [0.1, 0.15) is 29.6 Å². The number of ether oxygens (including phenoxy) is 2. The Morgan fingerprint density at radius 1 is 1.27 bits per heavy atom. The van der Waals surface area contributed by atoms with Crippen molar-refractivity contribution in [1.29, 1.82) is 0 Å². The number of nitrogens with two attached hydrogens (primary N) is 1. The Morgan fingerprint density at radius 3 is 2.64 bits per heavy atom. The Bertz CT molecular complexity index is 453. The summed E-state index contributed by atoms with van der Waals surface area (Å²) in [7, 11) is 1.63. The van der Waals surface area contributed by atoms with Gasteiger partial charge in [-0.15, -0.1) is 12.4 Å². The number of amides is 1. The van der Waals surface area contributed by atoms with E-state index in [1.807, 2.05) is 0 Å². The van der Waals surface area contributed by atoms with Gasteiger partial charge in [-0.05, 0) is 49.6 Å². The van der Waals surface area contributed by atoms with E-state index in [2.05, 4.69) is 5.32 Å². The molecule has 2 rings (SSSR count). The van der Waals surface area contributed by atoms with Crippen LogP contribution >= 0.6 is 12.4 Å². The predicted molar refractivity (Wildman–Crippen MR) is 88.7 cm³/mol. The lowest BCUT2D eigenvalue weighted by Gasteiger charge is -2.19. The number of hydrogen-bond donors (Lipinski definition) is 2. The molecule has 1 aromatic rings. The number of carbonyl (C=O) groups excluding carboxylic acids is 1. The average Bonchev–Trinajstić information content (AvgIpc) is 2.95. The van der Waals surface area contributed by atoms with Gasteiger partial charge in [0.2, 0.25) is 0 Å². The second-order valence-electron chi connectivity index (χ2n) is 5.37. The highest BCUT2D eigenvalue weighted by molar-refractivity contribution is 5.94. The molecule has 0 bridgehead atoms. The van der Waals surface area contributed by atoms with E-state index in [4.69, 9.17) is 15.2 Å². The van der Waals surface area contributed by atoms with E-state index >= 15 is 0 Å². The lowest BCUT2D eigenvalue weighted by atomic mass is 10.0. The summed E-state index contributed by atoms with van der Waals surface area (Å²) in [6.07, 6.45) is 3.26. The van der Waals surface area contributed by atoms with Crippen LogP contribution in [-0.2, 0) is 4.74 Å². The van der Waals surface area contributed by atoms with Gasteiger partial charge >= 0.3 is 0 Å². The van der Waals surface area contributed by atoms with Crippen molar-refractivity contribution in [3.05, 3.63) is 29.8 Å². The summed E-state index contributed by atoms with van der Waals surface area (Å²) in [5, 5.41) is 3.09. The number of carbonyl (C=O) groups is 1. The molecule has 22 heavy (non-hydrogen) atoms. The number of rotatable bonds is 7. The van der Waals surface area contributed by atoms with Crippen LogP contribution in [0.3, 0.4) is 0 Å². The van der Waals surface area contributed by atoms with Gasteiger partial charge in [-0.25, -0.2) is 0 Å². The molecular weight excluding hydrogens is 304 g/mol. The molecule has 0 spiro atoms. The van der Waals surface area contributed by atoms with E-state index in [0.717, 1.165) is 25.0 Å². The predicted octanol–water partition coefficient (Wildman–Crippen LogP) is 1.99. The lowest BCUT2D eigenvalue weighted by molar-refractivity contribution is 0.0928. The molecule has 1 fully saturated rings. The molecule has 1 amide bonds. The van der Waals surface area contributed by atoms with Crippen molar-refractivity contribution >= 4 is 18.3 Å². The SMILES string of the molecule is COCCOc1ccc(C(=O)NC2CCCC2CN)cc1.Cl. The maximum Gasteiger partial charge on any atom is 0.251 e. The van der Waals surface area contributed by atoms with Gasteiger partial charge in [0.05, 0.1) is 6.61 Å². The Balaban J connectivity index is 0.00000242. The molecule has 2 unspecified atom stereocenters. The number of nitrogens with one attached hydrogen (secondary N) is 1. The molecule has 1 saturated carbocycles. The van der Waals surface area contributed by atoms with Crippen molar-refractivity contribution in [2.24, 2.45) is 11.7 Å². The van der Waals surface area contributed by atoms with Gasteiger partial charge in [-0.3, -0.25) is 4.79 Å². The molecule has 6 heteroatoms. The lowest BCUT2D eigenvalue weighted by Crippen LogP contribution is -2.39. The maximum atomic E-state index is 12.2. The second-order valence-corrected chi connectivity index (χ2v) is 5.37. The van der Waals surface area contributed by atoms with Gasteiger partial charge in [0.25, 0.3) is 5.91 Å². The van der Waals surface area contributed by atoms with E-state index in [0.29, 0.717) is 31.2 Å². The largest absolute Gasteiger partial charge is 0.491 e. The number of halogens is 1. The first-order valence-electron chi connectivity index (χ1n) is 7.47. The fourth-order valence-electron chi connectivity index (χ4n) is 2.71. The molecule has 1 aliphatic rings. The van der Waals surface area contributed by atoms with Crippen molar-refractivity contribution < 1.29 is 14.3 Å². The van der Waals surface area contributed by atoms with Crippen LogP contribution in [0.25, 0.3) is 0 Å². The summed E-state index contributed by atoms with van der Waals surface area (Å²) < 4.78 is 10.4. The smallest absolute Gasteiger partial charge is 0.251 e. The van der Waals surface area contributed by atoms with Gasteiger partial charge in [-0.1, -0.05) is 6.42 Å². The summed E-state index contributed by atoms with van der Waals surface area (Å²) in [5.74, 6) is 1.11. The van der Waals surface area contributed by atoms with Crippen LogP contribution in [-0.4, -0.2) is 38.8 Å². The quantitative estimate of drug-likeness (QED) is 0.751. The van der Waals surface area contributed by atoms with Crippen molar-refractivity contribution in [2.75, 3.05) is 26.9 Å². The fourth-order valence-corrected chi connectivity index (χ4v) is 2.71. The summed E-state index contributed by atoms with van der Waals surface area (Å²) >= 11 is 0. The van der Waals surface area contributed by atoms with Gasteiger partial charge < -0.3 is 20.5 Å². The minimum Gasteiger partial charge on any atom is -0.491 e. The standard InChI is InChI=1S/C16H24N2O3.ClH/c1-20-9-10-21-14-7-5-12(6-8-14)16(19)18-15-4-2-3-13(15)11-17;/h5-8,13,15H,2-4,9-11,17H2,1H3,(H,18,19);1H. The zero-order chi connectivity index (χ0) is 15.1. The third-order valence-electron chi connectivity index (χ3n) is 3.95. The number of hydrogen-bond acceptors (Lipinski definition) is 4. The summed E-state index contributed by atoms with van der Waals surface area (Å²) in [6, 6.07) is 7.38. The fraction of sp³-hybridized carbons (Fsp3) is 0.562. The first-order valence-corrected chi connectivity index (χ1v) is 7.47. The van der Waals surface area contributed by atoms with E-state index in [9.17, 15) is 4.79 Å². The molecule has 0 heterocycles.